The fraction of sp³-hybridized carbons (Fsp3) is 0.348. The van der Waals surface area contributed by atoms with Crippen molar-refractivity contribution in [2.45, 2.75) is 87.6 Å². The van der Waals surface area contributed by atoms with Crippen LogP contribution in [0.25, 0.3) is 33.2 Å². The summed E-state index contributed by atoms with van der Waals surface area (Å²) in [4.78, 5) is 0. The summed E-state index contributed by atoms with van der Waals surface area (Å²) in [6.45, 7) is 9.86. The minimum absolute atomic E-state index is 0.499. The quantitative estimate of drug-likeness (QED) is 0.129. The van der Waals surface area contributed by atoms with Gasteiger partial charge in [-0.1, -0.05) is 0 Å². The average Bonchev–Trinajstić information content (AvgIpc) is 3.70. The van der Waals surface area contributed by atoms with Crippen molar-refractivity contribution in [3.63, 3.8) is 0 Å². The van der Waals surface area contributed by atoms with Crippen LogP contribution in [0.5, 0.6) is 0 Å². The molecule has 5 aromatic rings. The molecule has 1 heterocycles. The molecule has 2 aliphatic carbocycles. The van der Waals surface area contributed by atoms with Gasteiger partial charge in [0.2, 0.25) is 0 Å². The van der Waals surface area contributed by atoms with Crippen molar-refractivity contribution >= 4 is 33.2 Å². The van der Waals surface area contributed by atoms with Gasteiger partial charge in [0.25, 0.3) is 0 Å². The molecule has 0 amide bonds. The van der Waals surface area contributed by atoms with E-state index < -0.39 is 20.3 Å². The number of benzene rings is 5. The van der Waals surface area contributed by atoms with Crippen molar-refractivity contribution in [3.05, 3.63) is 142 Å². The third-order valence-corrected chi connectivity index (χ3v) is 25.6. The van der Waals surface area contributed by atoms with Gasteiger partial charge in [-0.2, -0.15) is 0 Å². The average molecular weight is 694 g/mol. The van der Waals surface area contributed by atoms with Gasteiger partial charge in [-0.3, -0.25) is 0 Å². The molecule has 8 rings (SSSR count). The van der Waals surface area contributed by atoms with Crippen LogP contribution >= 0.6 is 0 Å². The second-order valence-corrected chi connectivity index (χ2v) is 26.8. The summed E-state index contributed by atoms with van der Waals surface area (Å²) < 4.78 is 5.61. The summed E-state index contributed by atoms with van der Waals surface area (Å²) >= 11 is -2.47. The predicted octanol–water partition coefficient (Wildman–Crippen LogP) is 13.9. The molecule has 3 aliphatic rings. The number of fused-ring (bicyclic) bond motifs is 5. The van der Waals surface area contributed by atoms with Crippen molar-refractivity contribution in [3.8, 4) is 0 Å². The molecule has 5 aromatic carbocycles. The maximum atomic E-state index is 2.66. The Bertz CT molecular complexity index is 2020. The summed E-state index contributed by atoms with van der Waals surface area (Å²) in [6.07, 6.45) is 8.96. The Hall–Kier alpha value is -3.02. The van der Waals surface area contributed by atoms with E-state index in [0.717, 1.165) is 16.5 Å². The Kier molecular flexibility index (Phi) is 8.50. The molecule has 47 heavy (non-hydrogen) atoms. The van der Waals surface area contributed by atoms with E-state index in [1.807, 2.05) is 0 Å². The Morgan fingerprint density at radius 3 is 2.04 bits per heavy atom. The molecule has 238 valence electrons. The Morgan fingerprint density at radius 1 is 0.638 bits per heavy atom. The van der Waals surface area contributed by atoms with Crippen molar-refractivity contribution in [1.29, 1.82) is 0 Å². The van der Waals surface area contributed by atoms with Crippen molar-refractivity contribution in [2.75, 3.05) is 0 Å². The number of unbranched alkanes of at least 4 members (excludes halogenated alkanes) is 1. The molecule has 0 N–H and O–H groups in total. The number of hydrogen-bond acceptors (Lipinski definition) is 0. The molecule has 0 spiro atoms. The van der Waals surface area contributed by atoms with Crippen LogP contribution in [-0.2, 0) is 20.3 Å². The summed E-state index contributed by atoms with van der Waals surface area (Å²) in [6, 6.07) is 39.7. The SMILES string of the molecule is CCC[CH2][Zr]1([CH](C2C(CC)=Cc3c2ccc2ccccc32)C(CC)C2C(CC)=C(c3cccc4ccccc34)c3ccccc32)[CH2][CH2]1. The van der Waals surface area contributed by atoms with Crippen LogP contribution in [0.4, 0.5) is 0 Å². The fourth-order valence-corrected chi connectivity index (χ4v) is 28.1. The van der Waals surface area contributed by atoms with Crippen LogP contribution in [0.3, 0.4) is 0 Å². The monoisotopic (exact) mass is 692 g/mol. The molecule has 1 aliphatic heterocycles. The third kappa shape index (κ3) is 5.10. The zero-order valence-corrected chi connectivity index (χ0v) is 31.3. The van der Waals surface area contributed by atoms with Gasteiger partial charge in [-0.05, 0) is 0 Å². The van der Waals surface area contributed by atoms with Crippen molar-refractivity contribution < 1.29 is 20.3 Å². The van der Waals surface area contributed by atoms with Crippen LogP contribution in [0.15, 0.2) is 114 Å². The van der Waals surface area contributed by atoms with Crippen molar-refractivity contribution in [2.24, 2.45) is 5.92 Å². The molecule has 0 aromatic heterocycles. The fourth-order valence-electron chi connectivity index (χ4n) is 10.3. The van der Waals surface area contributed by atoms with E-state index in [9.17, 15) is 0 Å². The standard InChI is InChI=1S/C40H37.C4H9.C2H4.Zr/c1-4-26-24-38-32-18-10-8-15-29(32)22-23-33(38)37(26)25-27(5-2)39-30(6-3)40(36-20-12-11-19-35(36)39)34-21-13-16-28-14-7-9-17-31(28)34;1-3-4-2;1-2;/h7-25,27,37,39H,4-6H2,1-3H3;1,3-4H2,2H3;1-2H2;. The van der Waals surface area contributed by atoms with Gasteiger partial charge in [0, 0.05) is 0 Å². The molecule has 1 saturated heterocycles. The molecule has 0 nitrogen and oxygen atoms in total. The number of allylic oxidation sites excluding steroid dienone is 2. The Morgan fingerprint density at radius 2 is 1.32 bits per heavy atom. The van der Waals surface area contributed by atoms with E-state index in [4.69, 9.17) is 0 Å². The van der Waals surface area contributed by atoms with Gasteiger partial charge >= 0.3 is 289 Å². The van der Waals surface area contributed by atoms with Gasteiger partial charge in [-0.15, -0.1) is 0 Å². The van der Waals surface area contributed by atoms with Crippen LogP contribution < -0.4 is 0 Å². The van der Waals surface area contributed by atoms with Crippen LogP contribution in [0.2, 0.25) is 16.0 Å². The second-order valence-electron chi connectivity index (χ2n) is 14.7. The predicted molar refractivity (Wildman–Crippen MR) is 201 cm³/mol. The van der Waals surface area contributed by atoms with Gasteiger partial charge in [-0.25, -0.2) is 0 Å². The zero-order chi connectivity index (χ0) is 32.1. The molecule has 1 heteroatoms. The van der Waals surface area contributed by atoms with Crippen LogP contribution in [0.1, 0.15) is 99.5 Å². The van der Waals surface area contributed by atoms with E-state index in [2.05, 4.69) is 137 Å². The molecular weight excluding hydrogens is 644 g/mol. The molecule has 4 atom stereocenters. The first-order chi connectivity index (χ1) is 23.1. The van der Waals surface area contributed by atoms with E-state index in [0.29, 0.717) is 17.8 Å². The molecule has 0 bridgehead atoms. The van der Waals surface area contributed by atoms with E-state index in [-0.39, 0.29) is 0 Å². The van der Waals surface area contributed by atoms with E-state index in [1.54, 1.807) is 40.2 Å². The topological polar surface area (TPSA) is 0 Å². The zero-order valence-electron chi connectivity index (χ0n) is 28.9. The molecular formula is C46H50Zr. The first-order valence-electron chi connectivity index (χ1n) is 18.7. The molecule has 1 fully saturated rings. The molecule has 0 radical (unpaired) electrons. The minimum atomic E-state index is -2.47. The van der Waals surface area contributed by atoms with Gasteiger partial charge < -0.3 is 0 Å². The number of rotatable bonds is 11. The first-order valence-corrected chi connectivity index (χ1v) is 25.3. The van der Waals surface area contributed by atoms with Gasteiger partial charge in [0.15, 0.2) is 0 Å². The normalized spacial score (nSPS) is 20.7. The summed E-state index contributed by atoms with van der Waals surface area (Å²) in [5.74, 6) is 1.76. The van der Waals surface area contributed by atoms with Crippen LogP contribution in [-0.4, -0.2) is 0 Å². The molecule has 4 unspecified atom stereocenters. The summed E-state index contributed by atoms with van der Waals surface area (Å²) in [5.41, 5.74) is 12.7. The second kappa shape index (κ2) is 12.8. The van der Waals surface area contributed by atoms with Crippen LogP contribution in [0, 0.1) is 5.92 Å². The van der Waals surface area contributed by atoms with Crippen molar-refractivity contribution in [1.82, 2.24) is 0 Å². The number of hydrogen-bond donors (Lipinski definition) is 0. The van der Waals surface area contributed by atoms with Gasteiger partial charge in [0.05, 0.1) is 0 Å². The van der Waals surface area contributed by atoms with Gasteiger partial charge in [0.1, 0.15) is 0 Å². The summed E-state index contributed by atoms with van der Waals surface area (Å²) in [5, 5.41) is 5.58. The molecule has 0 saturated carbocycles. The maximum absolute atomic E-state index is 2.66. The first kappa shape index (κ1) is 31.3. The Labute approximate surface area is 287 Å². The Balaban J connectivity index is 1.35. The van der Waals surface area contributed by atoms with E-state index >= 15 is 0 Å². The summed E-state index contributed by atoms with van der Waals surface area (Å²) in [7, 11) is 0. The third-order valence-electron chi connectivity index (χ3n) is 12.5. The van der Waals surface area contributed by atoms with E-state index in [1.165, 1.54) is 57.5 Å².